The average molecular weight is 261 g/mol. The molecule has 0 fully saturated rings. The first-order valence-electron chi connectivity index (χ1n) is 0.783. The van der Waals surface area contributed by atoms with Crippen LogP contribution in [0.5, 0.6) is 0 Å². The molecular weight excluding hydrogens is 258 g/mol. The van der Waals surface area contributed by atoms with Crippen LogP contribution in [0.3, 0.4) is 0 Å². The van der Waals surface area contributed by atoms with Gasteiger partial charge in [-0.15, -0.1) is 0 Å². The van der Waals surface area contributed by atoms with E-state index >= 15 is 0 Å². The Balaban J connectivity index is -0.0000000133. The van der Waals surface area contributed by atoms with Crippen LogP contribution in [0.2, 0.25) is 0 Å². The normalized spacial score (nSPS) is 6.56. The van der Waals surface area contributed by atoms with Gasteiger partial charge in [-0.1, -0.05) is 0 Å². The zero-order valence-corrected chi connectivity index (χ0v) is 11.3. The molecule has 0 rings (SSSR count). The van der Waals surface area contributed by atoms with Gasteiger partial charge in [-0.05, 0) is 0 Å². The second-order valence-corrected chi connectivity index (χ2v) is 1.54. The SMILES string of the molecule is O=P(O)(O)O.[O-2].[O-2].[Zn+2].[Zn+2]. The van der Waals surface area contributed by atoms with Gasteiger partial charge in [-0.2, -0.15) is 0 Å². The second-order valence-electron chi connectivity index (χ2n) is 0.513. The van der Waals surface area contributed by atoms with Crippen molar-refractivity contribution in [1.29, 1.82) is 0 Å². The van der Waals surface area contributed by atoms with Gasteiger partial charge in [0.15, 0.2) is 0 Å². The van der Waals surface area contributed by atoms with Gasteiger partial charge in [0.25, 0.3) is 0 Å². The van der Waals surface area contributed by atoms with Gasteiger partial charge in [0, 0.05) is 0 Å². The Bertz CT molecular complexity index is 57.2. The Morgan fingerprint density at radius 2 is 0.889 bits per heavy atom. The van der Waals surface area contributed by atoms with Crippen molar-refractivity contribution < 1.29 is 69.2 Å². The first-order chi connectivity index (χ1) is 2.00. The van der Waals surface area contributed by atoms with Crippen LogP contribution < -0.4 is 0 Å². The largest absolute Gasteiger partial charge is 2.00 e. The van der Waals surface area contributed by atoms with Crippen LogP contribution in [-0.4, -0.2) is 14.7 Å². The molecule has 0 unspecified atom stereocenters. The molecule has 0 aromatic carbocycles. The van der Waals surface area contributed by atoms with E-state index in [0.29, 0.717) is 0 Å². The monoisotopic (exact) mass is 258 g/mol. The molecule has 0 atom stereocenters. The molecule has 0 heterocycles. The van der Waals surface area contributed by atoms with E-state index in [0.717, 1.165) is 0 Å². The van der Waals surface area contributed by atoms with Crippen molar-refractivity contribution in [2.75, 3.05) is 0 Å². The van der Waals surface area contributed by atoms with Gasteiger partial charge >= 0.3 is 46.8 Å². The van der Waals surface area contributed by atoms with Gasteiger partial charge in [0.2, 0.25) is 0 Å². The molecule has 0 bridgehead atoms. The second kappa shape index (κ2) is 12.0. The van der Waals surface area contributed by atoms with E-state index in [1.54, 1.807) is 0 Å². The van der Waals surface area contributed by atoms with Crippen molar-refractivity contribution in [1.82, 2.24) is 0 Å². The summed E-state index contributed by atoms with van der Waals surface area (Å²) in [7, 11) is -4.64. The minimum absolute atomic E-state index is 0. The van der Waals surface area contributed by atoms with Crippen molar-refractivity contribution in [2.24, 2.45) is 0 Å². The van der Waals surface area contributed by atoms with E-state index in [4.69, 9.17) is 19.2 Å². The summed E-state index contributed by atoms with van der Waals surface area (Å²) in [6, 6.07) is 0. The average Bonchev–Trinajstić information content (AvgIpc) is 0.722. The van der Waals surface area contributed by atoms with Crippen molar-refractivity contribution in [3.63, 3.8) is 0 Å². The Morgan fingerprint density at radius 3 is 0.889 bits per heavy atom. The summed E-state index contributed by atoms with van der Waals surface area (Å²) >= 11 is 0. The Hall–Kier alpha value is 1.28. The van der Waals surface area contributed by atoms with Crippen molar-refractivity contribution in [3.8, 4) is 0 Å². The molecule has 0 radical (unpaired) electrons. The number of rotatable bonds is 0. The Kier molecular flexibility index (Phi) is 42.4. The molecule has 0 aliphatic rings. The molecule has 0 aliphatic heterocycles. The summed E-state index contributed by atoms with van der Waals surface area (Å²) in [5.41, 5.74) is 0. The molecule has 0 amide bonds. The quantitative estimate of drug-likeness (QED) is 0.373. The van der Waals surface area contributed by atoms with Crippen LogP contribution in [0.15, 0.2) is 0 Å². The number of phosphoric acid groups is 1. The molecule has 9 heteroatoms. The fraction of sp³-hybridized carbons (Fsp3) is 0. The van der Waals surface area contributed by atoms with Crippen LogP contribution in [0.1, 0.15) is 0 Å². The maximum absolute atomic E-state index is 8.88. The predicted octanol–water partition coefficient (Wildman–Crippen LogP) is -1.17. The third-order valence-corrected chi connectivity index (χ3v) is 0. The number of hydrogen-bond donors (Lipinski definition) is 3. The minimum Gasteiger partial charge on any atom is -2.00 e. The predicted molar refractivity (Wildman–Crippen MR) is 15.6 cm³/mol. The summed E-state index contributed by atoms with van der Waals surface area (Å²) in [6.45, 7) is 0. The fourth-order valence-electron chi connectivity index (χ4n) is 0. The van der Waals surface area contributed by atoms with Crippen LogP contribution in [-0.2, 0) is 54.5 Å². The van der Waals surface area contributed by atoms with E-state index in [-0.39, 0.29) is 49.9 Å². The molecule has 0 saturated heterocycles. The topological polar surface area (TPSA) is 135 Å². The zero-order chi connectivity index (χ0) is 4.50. The molecule has 0 spiro atoms. The fourth-order valence-corrected chi connectivity index (χ4v) is 0. The summed E-state index contributed by atoms with van der Waals surface area (Å²) < 4.78 is 8.88. The maximum atomic E-state index is 8.88. The summed E-state index contributed by atoms with van der Waals surface area (Å²) in [5, 5.41) is 0. The van der Waals surface area contributed by atoms with Crippen molar-refractivity contribution in [3.05, 3.63) is 0 Å². The molecular formula is H3O6PZn2. The first kappa shape index (κ1) is 31.8. The molecule has 0 aliphatic carbocycles. The molecule has 48 valence electrons. The summed E-state index contributed by atoms with van der Waals surface area (Å²) in [4.78, 5) is 21.6. The minimum atomic E-state index is -4.64. The van der Waals surface area contributed by atoms with Crippen molar-refractivity contribution in [2.45, 2.75) is 0 Å². The third-order valence-electron chi connectivity index (χ3n) is 0. The third kappa shape index (κ3) is 301. The zero-order valence-electron chi connectivity index (χ0n) is 4.43. The number of hydrogen-bond acceptors (Lipinski definition) is 1. The van der Waals surface area contributed by atoms with E-state index in [1.165, 1.54) is 0 Å². The van der Waals surface area contributed by atoms with E-state index in [1.807, 2.05) is 0 Å². The summed E-state index contributed by atoms with van der Waals surface area (Å²) in [5.74, 6) is 0. The van der Waals surface area contributed by atoms with Gasteiger partial charge in [-0.25, -0.2) is 4.57 Å². The van der Waals surface area contributed by atoms with Crippen LogP contribution in [0.4, 0.5) is 0 Å². The van der Waals surface area contributed by atoms with Gasteiger partial charge in [0.05, 0.1) is 0 Å². The Morgan fingerprint density at radius 1 is 0.889 bits per heavy atom. The van der Waals surface area contributed by atoms with E-state index in [2.05, 4.69) is 0 Å². The molecule has 0 aromatic heterocycles. The Labute approximate surface area is 77.0 Å². The van der Waals surface area contributed by atoms with Gasteiger partial charge in [-0.3, -0.25) is 0 Å². The van der Waals surface area contributed by atoms with Gasteiger partial charge in [0.1, 0.15) is 0 Å². The smallest absolute Gasteiger partial charge is 2.00 e. The van der Waals surface area contributed by atoms with Crippen LogP contribution in [0, 0.1) is 0 Å². The van der Waals surface area contributed by atoms with E-state index < -0.39 is 7.82 Å². The summed E-state index contributed by atoms with van der Waals surface area (Å²) in [6.07, 6.45) is 0. The van der Waals surface area contributed by atoms with E-state index in [9.17, 15) is 0 Å². The maximum Gasteiger partial charge on any atom is 2.00 e. The molecule has 6 nitrogen and oxygen atoms in total. The molecule has 9 heavy (non-hydrogen) atoms. The molecule has 0 saturated carbocycles. The first-order valence-corrected chi connectivity index (χ1v) is 2.35. The van der Waals surface area contributed by atoms with Crippen LogP contribution >= 0.6 is 7.82 Å². The standard InChI is InChI=1S/H3O4P.2O.2Zn/c1-5(2,3)4;;;;/h(H3,1,2,3,4);;;;/q;2*-2;2*+2. The van der Waals surface area contributed by atoms with Crippen LogP contribution in [0.25, 0.3) is 0 Å². The van der Waals surface area contributed by atoms with Crippen molar-refractivity contribution >= 4 is 7.82 Å². The molecule has 0 aromatic rings. The molecule has 3 N–H and O–H groups in total. The van der Waals surface area contributed by atoms with Gasteiger partial charge < -0.3 is 25.6 Å².